The molecule has 0 bridgehead atoms. The topological polar surface area (TPSA) is 49.8 Å². The standard InChI is InChI=1S/C20H20FNO3/c21-15-8-4-7-14(9-15)19(23)18-16-10-22(11-17(16)18)20(24)25-12-13-5-2-1-3-6-13/h1-9,16-19,23H,10-12H2. The SMILES string of the molecule is O=C(OCc1ccccc1)N1CC2C(C1)C2C(O)c1cccc(F)c1. The fourth-order valence-corrected chi connectivity index (χ4v) is 3.91. The highest BCUT2D eigenvalue weighted by atomic mass is 19.1. The molecule has 2 fully saturated rings. The van der Waals surface area contributed by atoms with Gasteiger partial charge in [-0.3, -0.25) is 0 Å². The molecule has 1 aliphatic carbocycles. The van der Waals surface area contributed by atoms with Gasteiger partial charge < -0.3 is 14.7 Å². The summed E-state index contributed by atoms with van der Waals surface area (Å²) in [6, 6.07) is 15.7. The molecule has 0 spiro atoms. The second kappa shape index (κ2) is 6.48. The zero-order valence-electron chi connectivity index (χ0n) is 13.7. The van der Waals surface area contributed by atoms with Gasteiger partial charge in [0.1, 0.15) is 12.4 Å². The Balaban J connectivity index is 1.29. The minimum atomic E-state index is -0.673. The Morgan fingerprint density at radius 3 is 2.56 bits per heavy atom. The number of carbonyl (C=O) groups is 1. The van der Waals surface area contributed by atoms with Gasteiger partial charge in [-0.1, -0.05) is 42.5 Å². The number of ether oxygens (including phenoxy) is 1. The van der Waals surface area contributed by atoms with Gasteiger partial charge in [-0.2, -0.15) is 0 Å². The Bertz CT molecular complexity index is 755. The molecule has 3 atom stereocenters. The van der Waals surface area contributed by atoms with Gasteiger partial charge in [0.05, 0.1) is 6.10 Å². The van der Waals surface area contributed by atoms with Crippen molar-refractivity contribution < 1.29 is 19.0 Å². The summed E-state index contributed by atoms with van der Waals surface area (Å²) in [7, 11) is 0. The number of hydrogen-bond donors (Lipinski definition) is 1. The van der Waals surface area contributed by atoms with Crippen molar-refractivity contribution in [2.75, 3.05) is 13.1 Å². The van der Waals surface area contributed by atoms with E-state index in [1.165, 1.54) is 12.1 Å². The largest absolute Gasteiger partial charge is 0.445 e. The minimum Gasteiger partial charge on any atom is -0.445 e. The highest BCUT2D eigenvalue weighted by Gasteiger charge is 2.59. The normalized spacial score (nSPS) is 25.4. The second-order valence-electron chi connectivity index (χ2n) is 6.85. The monoisotopic (exact) mass is 341 g/mol. The number of aliphatic hydroxyl groups excluding tert-OH is 1. The van der Waals surface area contributed by atoms with E-state index in [0.29, 0.717) is 18.7 Å². The Kier molecular flexibility index (Phi) is 4.17. The number of hydrogen-bond acceptors (Lipinski definition) is 3. The first-order valence-electron chi connectivity index (χ1n) is 8.52. The van der Waals surface area contributed by atoms with E-state index in [4.69, 9.17) is 4.74 Å². The number of piperidine rings is 1. The van der Waals surface area contributed by atoms with Crippen molar-refractivity contribution in [2.24, 2.45) is 17.8 Å². The molecule has 2 aromatic rings. The quantitative estimate of drug-likeness (QED) is 0.927. The molecule has 0 radical (unpaired) electrons. The lowest BCUT2D eigenvalue weighted by molar-refractivity contribution is 0.0876. The number of likely N-dealkylation sites (tertiary alicyclic amines) is 1. The number of nitrogens with zero attached hydrogens (tertiary/aromatic N) is 1. The van der Waals surface area contributed by atoms with Gasteiger partial charge in [0, 0.05) is 13.1 Å². The molecule has 2 aromatic carbocycles. The summed E-state index contributed by atoms with van der Waals surface area (Å²) in [5.41, 5.74) is 1.57. The van der Waals surface area contributed by atoms with Gasteiger partial charge in [-0.15, -0.1) is 0 Å². The van der Waals surface area contributed by atoms with Crippen molar-refractivity contribution >= 4 is 6.09 Å². The summed E-state index contributed by atoms with van der Waals surface area (Å²) in [5.74, 6) is 0.290. The highest BCUT2D eigenvalue weighted by molar-refractivity contribution is 5.68. The minimum absolute atomic E-state index is 0.0972. The smallest absolute Gasteiger partial charge is 0.410 e. The van der Waals surface area contributed by atoms with E-state index >= 15 is 0 Å². The number of aliphatic hydroxyl groups is 1. The van der Waals surface area contributed by atoms with Crippen molar-refractivity contribution in [1.82, 2.24) is 4.90 Å². The number of carbonyl (C=O) groups excluding carboxylic acids is 1. The molecule has 4 rings (SSSR count). The number of rotatable bonds is 4. The molecule has 4 nitrogen and oxygen atoms in total. The summed E-state index contributed by atoms with van der Waals surface area (Å²) < 4.78 is 18.7. The lowest BCUT2D eigenvalue weighted by Crippen LogP contribution is -2.32. The van der Waals surface area contributed by atoms with E-state index in [1.54, 1.807) is 17.0 Å². The van der Waals surface area contributed by atoms with Gasteiger partial charge in [0.2, 0.25) is 0 Å². The fraction of sp³-hybridized carbons (Fsp3) is 0.350. The van der Waals surface area contributed by atoms with Crippen molar-refractivity contribution in [3.63, 3.8) is 0 Å². The van der Waals surface area contributed by atoms with E-state index in [1.807, 2.05) is 30.3 Å². The van der Waals surface area contributed by atoms with Crippen molar-refractivity contribution in [1.29, 1.82) is 0 Å². The first-order valence-corrected chi connectivity index (χ1v) is 8.52. The summed E-state index contributed by atoms with van der Waals surface area (Å²) in [4.78, 5) is 13.9. The van der Waals surface area contributed by atoms with Crippen LogP contribution in [-0.2, 0) is 11.3 Å². The van der Waals surface area contributed by atoms with Crippen LogP contribution in [0.15, 0.2) is 54.6 Å². The molecule has 0 aromatic heterocycles. The zero-order valence-corrected chi connectivity index (χ0v) is 13.7. The molecule has 1 N–H and O–H groups in total. The number of halogens is 1. The Morgan fingerprint density at radius 1 is 1.16 bits per heavy atom. The molecule has 1 saturated carbocycles. The molecular formula is C20H20FNO3. The summed E-state index contributed by atoms with van der Waals surface area (Å²) in [5, 5.41) is 10.5. The van der Waals surface area contributed by atoms with Crippen LogP contribution in [0.5, 0.6) is 0 Å². The van der Waals surface area contributed by atoms with E-state index in [-0.39, 0.29) is 36.3 Å². The summed E-state index contributed by atoms with van der Waals surface area (Å²) in [6.07, 6.45) is -0.983. The van der Waals surface area contributed by atoms with Gasteiger partial charge >= 0.3 is 6.09 Å². The fourth-order valence-electron chi connectivity index (χ4n) is 3.91. The van der Waals surface area contributed by atoms with Gasteiger partial charge in [0.15, 0.2) is 0 Å². The third-order valence-electron chi connectivity index (χ3n) is 5.28. The maximum absolute atomic E-state index is 13.3. The molecule has 130 valence electrons. The molecule has 5 heteroatoms. The van der Waals surface area contributed by atoms with Crippen LogP contribution in [-0.4, -0.2) is 29.2 Å². The summed E-state index contributed by atoms with van der Waals surface area (Å²) >= 11 is 0. The Morgan fingerprint density at radius 2 is 1.88 bits per heavy atom. The molecule has 25 heavy (non-hydrogen) atoms. The molecule has 3 unspecified atom stereocenters. The average molecular weight is 341 g/mol. The molecule has 1 saturated heterocycles. The van der Waals surface area contributed by atoms with Gasteiger partial charge in [0.25, 0.3) is 0 Å². The molecule has 1 heterocycles. The maximum atomic E-state index is 13.3. The van der Waals surface area contributed by atoms with E-state index in [2.05, 4.69) is 0 Å². The third kappa shape index (κ3) is 3.24. The predicted octanol–water partition coefficient (Wildman–Crippen LogP) is 3.37. The molecule has 1 amide bonds. The lowest BCUT2D eigenvalue weighted by atomic mass is 10.0. The number of benzene rings is 2. The van der Waals surface area contributed by atoms with Crippen LogP contribution in [0.25, 0.3) is 0 Å². The highest BCUT2D eigenvalue weighted by Crippen LogP contribution is 2.57. The Hall–Kier alpha value is -2.40. The van der Waals surface area contributed by atoms with E-state index in [0.717, 1.165) is 5.56 Å². The molecular weight excluding hydrogens is 321 g/mol. The zero-order chi connectivity index (χ0) is 17.4. The predicted molar refractivity (Wildman–Crippen MR) is 90.0 cm³/mol. The van der Waals surface area contributed by atoms with Gasteiger partial charge in [-0.05, 0) is 41.0 Å². The average Bonchev–Trinajstić information content (AvgIpc) is 3.12. The van der Waals surface area contributed by atoms with Crippen LogP contribution in [0.1, 0.15) is 17.2 Å². The van der Waals surface area contributed by atoms with E-state index < -0.39 is 6.10 Å². The molecule has 1 aliphatic heterocycles. The Labute approximate surface area is 145 Å². The van der Waals surface area contributed by atoms with Crippen LogP contribution in [0, 0.1) is 23.6 Å². The van der Waals surface area contributed by atoms with Gasteiger partial charge in [-0.25, -0.2) is 9.18 Å². The maximum Gasteiger partial charge on any atom is 0.410 e. The number of amides is 1. The van der Waals surface area contributed by atoms with Crippen LogP contribution < -0.4 is 0 Å². The molecule has 2 aliphatic rings. The first kappa shape index (κ1) is 16.1. The van der Waals surface area contributed by atoms with Crippen molar-refractivity contribution in [3.8, 4) is 0 Å². The van der Waals surface area contributed by atoms with E-state index in [9.17, 15) is 14.3 Å². The second-order valence-corrected chi connectivity index (χ2v) is 6.85. The third-order valence-corrected chi connectivity index (χ3v) is 5.28. The van der Waals surface area contributed by atoms with Crippen molar-refractivity contribution in [2.45, 2.75) is 12.7 Å². The number of fused-ring (bicyclic) bond motifs is 1. The van der Waals surface area contributed by atoms with Crippen LogP contribution in [0.3, 0.4) is 0 Å². The van der Waals surface area contributed by atoms with Crippen LogP contribution in [0.2, 0.25) is 0 Å². The van der Waals surface area contributed by atoms with Crippen LogP contribution >= 0.6 is 0 Å². The van der Waals surface area contributed by atoms with Crippen molar-refractivity contribution in [3.05, 3.63) is 71.5 Å². The first-order chi connectivity index (χ1) is 12.1. The van der Waals surface area contributed by atoms with Crippen LogP contribution in [0.4, 0.5) is 9.18 Å². The summed E-state index contributed by atoms with van der Waals surface area (Å²) in [6.45, 7) is 1.45. The lowest BCUT2D eigenvalue weighted by Gasteiger charge is -2.21.